The number of benzene rings is 2. The van der Waals surface area contributed by atoms with Crippen LogP contribution in [0.15, 0.2) is 42.5 Å². The van der Waals surface area contributed by atoms with Crippen LogP contribution in [0.1, 0.15) is 15.9 Å². The van der Waals surface area contributed by atoms with Crippen LogP contribution in [0, 0.1) is 6.92 Å². The summed E-state index contributed by atoms with van der Waals surface area (Å²) in [6, 6.07) is 13.9. The van der Waals surface area contributed by atoms with E-state index in [2.05, 4.69) is 15.3 Å². The van der Waals surface area contributed by atoms with Crippen molar-refractivity contribution in [2.24, 2.45) is 0 Å². The lowest BCUT2D eigenvalue weighted by molar-refractivity contribution is 0.0952. The normalized spacial score (nSPS) is 11.2. The van der Waals surface area contributed by atoms with E-state index in [-0.39, 0.29) is 5.91 Å². The second-order valence-corrected chi connectivity index (χ2v) is 6.16. The molecule has 0 aliphatic rings. The largest absolute Gasteiger partial charge is 0.351 e. The van der Waals surface area contributed by atoms with Crippen molar-refractivity contribution in [3.05, 3.63) is 53.6 Å². The van der Waals surface area contributed by atoms with Crippen LogP contribution in [-0.4, -0.2) is 48.0 Å². The van der Waals surface area contributed by atoms with Crippen molar-refractivity contribution in [1.29, 1.82) is 0 Å². The van der Waals surface area contributed by atoms with Gasteiger partial charge in [0.1, 0.15) is 11.3 Å². The number of aromatic nitrogens is 2. The van der Waals surface area contributed by atoms with Crippen LogP contribution in [0.2, 0.25) is 0 Å². The molecule has 1 heterocycles. The molecule has 24 heavy (non-hydrogen) atoms. The van der Waals surface area contributed by atoms with Gasteiger partial charge < -0.3 is 15.2 Å². The molecule has 5 heteroatoms. The summed E-state index contributed by atoms with van der Waals surface area (Å²) >= 11 is 0. The number of amides is 1. The number of nitrogens with zero attached hydrogens (tertiary/aromatic N) is 2. The molecular weight excluding hydrogens is 300 g/mol. The summed E-state index contributed by atoms with van der Waals surface area (Å²) < 4.78 is 0. The number of H-pyrrole nitrogens is 1. The van der Waals surface area contributed by atoms with E-state index < -0.39 is 0 Å². The Morgan fingerprint density at radius 1 is 1.17 bits per heavy atom. The monoisotopic (exact) mass is 322 g/mol. The Morgan fingerprint density at radius 3 is 2.62 bits per heavy atom. The molecule has 0 aliphatic heterocycles. The molecule has 3 rings (SSSR count). The van der Waals surface area contributed by atoms with Crippen LogP contribution in [-0.2, 0) is 0 Å². The predicted molar refractivity (Wildman–Crippen MR) is 97.2 cm³/mol. The first kappa shape index (κ1) is 16.2. The number of hydrogen-bond donors (Lipinski definition) is 2. The van der Waals surface area contributed by atoms with Crippen molar-refractivity contribution in [3.8, 4) is 11.4 Å². The molecule has 0 radical (unpaired) electrons. The van der Waals surface area contributed by atoms with Gasteiger partial charge >= 0.3 is 0 Å². The summed E-state index contributed by atoms with van der Waals surface area (Å²) in [5.74, 6) is 0.699. The van der Waals surface area contributed by atoms with E-state index in [1.807, 2.05) is 68.4 Å². The van der Waals surface area contributed by atoms with Gasteiger partial charge in [-0.3, -0.25) is 4.79 Å². The third-order valence-electron chi connectivity index (χ3n) is 3.98. The molecule has 124 valence electrons. The molecule has 0 unspecified atom stereocenters. The first-order valence-corrected chi connectivity index (χ1v) is 8.04. The Morgan fingerprint density at radius 2 is 1.92 bits per heavy atom. The lowest BCUT2D eigenvalue weighted by Crippen LogP contribution is -2.31. The van der Waals surface area contributed by atoms with Gasteiger partial charge in [0.05, 0.1) is 11.1 Å². The summed E-state index contributed by atoms with van der Waals surface area (Å²) in [5.41, 5.74) is 4.17. The number of aromatic amines is 1. The van der Waals surface area contributed by atoms with Crippen LogP contribution >= 0.6 is 0 Å². The minimum absolute atomic E-state index is 0.0777. The first-order chi connectivity index (χ1) is 11.6. The Bertz CT molecular complexity index is 852. The van der Waals surface area contributed by atoms with E-state index in [1.54, 1.807) is 0 Å². The Balaban J connectivity index is 1.96. The molecule has 0 fully saturated rings. The van der Waals surface area contributed by atoms with Crippen LogP contribution in [0.3, 0.4) is 0 Å². The molecule has 0 spiro atoms. The fourth-order valence-electron chi connectivity index (χ4n) is 2.68. The average molecular weight is 322 g/mol. The number of rotatable bonds is 5. The quantitative estimate of drug-likeness (QED) is 0.759. The molecule has 5 nitrogen and oxygen atoms in total. The number of fused-ring (bicyclic) bond motifs is 1. The predicted octanol–water partition coefficient (Wildman–Crippen LogP) is 2.83. The molecule has 0 saturated heterocycles. The molecule has 2 aromatic carbocycles. The van der Waals surface area contributed by atoms with Gasteiger partial charge in [-0.15, -0.1) is 0 Å². The lowest BCUT2D eigenvalue weighted by Gasteiger charge is -2.11. The van der Waals surface area contributed by atoms with Gasteiger partial charge in [0, 0.05) is 18.7 Å². The Labute approximate surface area is 141 Å². The van der Waals surface area contributed by atoms with Crippen molar-refractivity contribution in [3.63, 3.8) is 0 Å². The van der Waals surface area contributed by atoms with E-state index in [4.69, 9.17) is 0 Å². The van der Waals surface area contributed by atoms with Gasteiger partial charge in [0.2, 0.25) is 0 Å². The molecule has 0 atom stereocenters. The van der Waals surface area contributed by atoms with E-state index in [1.165, 1.54) is 0 Å². The van der Waals surface area contributed by atoms with Gasteiger partial charge in [-0.1, -0.05) is 36.4 Å². The van der Waals surface area contributed by atoms with E-state index in [9.17, 15) is 4.79 Å². The number of carbonyl (C=O) groups is 1. The SMILES string of the molecule is Cc1ccc2[nH]c(-c3ccccc3)nc2c1C(=O)NCCN(C)C. The maximum atomic E-state index is 12.6. The average Bonchev–Trinajstić information content (AvgIpc) is 2.99. The van der Waals surface area contributed by atoms with Gasteiger partial charge in [-0.25, -0.2) is 4.98 Å². The number of likely N-dealkylation sites (N-methyl/N-ethyl adjacent to an activating group) is 1. The second-order valence-electron chi connectivity index (χ2n) is 6.16. The maximum absolute atomic E-state index is 12.6. The topological polar surface area (TPSA) is 61.0 Å². The standard InChI is InChI=1S/C19H22N4O/c1-13-9-10-15-17(16(13)19(24)20-11-12-23(2)3)22-18(21-15)14-7-5-4-6-8-14/h4-10H,11-12H2,1-3H3,(H,20,24)(H,21,22). The van der Waals surface area contributed by atoms with Crippen LogP contribution in [0.25, 0.3) is 22.4 Å². The van der Waals surface area contributed by atoms with Crippen molar-refractivity contribution in [2.75, 3.05) is 27.2 Å². The van der Waals surface area contributed by atoms with Gasteiger partial charge in [-0.2, -0.15) is 0 Å². The summed E-state index contributed by atoms with van der Waals surface area (Å²) in [4.78, 5) is 22.7. The number of hydrogen-bond acceptors (Lipinski definition) is 3. The highest BCUT2D eigenvalue weighted by molar-refractivity contribution is 6.06. The van der Waals surface area contributed by atoms with Crippen LogP contribution in [0.5, 0.6) is 0 Å². The van der Waals surface area contributed by atoms with Crippen molar-refractivity contribution >= 4 is 16.9 Å². The van der Waals surface area contributed by atoms with E-state index in [0.717, 1.165) is 34.5 Å². The fourth-order valence-corrected chi connectivity index (χ4v) is 2.68. The van der Waals surface area contributed by atoms with Gasteiger partial charge in [0.15, 0.2) is 0 Å². The summed E-state index contributed by atoms with van der Waals surface area (Å²) in [6.07, 6.45) is 0. The van der Waals surface area contributed by atoms with Crippen molar-refractivity contribution < 1.29 is 4.79 Å². The molecule has 1 amide bonds. The van der Waals surface area contributed by atoms with Crippen LogP contribution < -0.4 is 5.32 Å². The molecule has 0 saturated carbocycles. The first-order valence-electron chi connectivity index (χ1n) is 8.04. The highest BCUT2D eigenvalue weighted by atomic mass is 16.1. The lowest BCUT2D eigenvalue weighted by atomic mass is 10.1. The summed E-state index contributed by atoms with van der Waals surface area (Å²) in [7, 11) is 3.97. The molecule has 0 bridgehead atoms. The molecular formula is C19H22N4O. The van der Waals surface area contributed by atoms with E-state index in [0.29, 0.717) is 12.1 Å². The fraction of sp³-hybridized carbons (Fsp3) is 0.263. The zero-order valence-electron chi connectivity index (χ0n) is 14.3. The zero-order chi connectivity index (χ0) is 17.1. The number of imidazole rings is 1. The Kier molecular flexibility index (Phi) is 4.62. The maximum Gasteiger partial charge on any atom is 0.253 e. The highest BCUT2D eigenvalue weighted by Gasteiger charge is 2.17. The van der Waals surface area contributed by atoms with E-state index >= 15 is 0 Å². The summed E-state index contributed by atoms with van der Waals surface area (Å²) in [5, 5.41) is 2.98. The van der Waals surface area contributed by atoms with Gasteiger partial charge in [0.25, 0.3) is 5.91 Å². The number of aryl methyl sites for hydroxylation is 1. The minimum Gasteiger partial charge on any atom is -0.351 e. The molecule has 3 aromatic rings. The smallest absolute Gasteiger partial charge is 0.253 e. The number of carbonyl (C=O) groups excluding carboxylic acids is 1. The summed E-state index contributed by atoms with van der Waals surface area (Å²) in [6.45, 7) is 3.35. The third kappa shape index (κ3) is 3.31. The van der Waals surface area contributed by atoms with Crippen molar-refractivity contribution in [1.82, 2.24) is 20.2 Å². The second kappa shape index (κ2) is 6.84. The minimum atomic E-state index is -0.0777. The van der Waals surface area contributed by atoms with Crippen molar-refractivity contribution in [2.45, 2.75) is 6.92 Å². The molecule has 1 aromatic heterocycles. The van der Waals surface area contributed by atoms with Gasteiger partial charge in [-0.05, 0) is 32.6 Å². The molecule has 2 N–H and O–H groups in total. The zero-order valence-corrected chi connectivity index (χ0v) is 14.3. The highest BCUT2D eigenvalue weighted by Crippen LogP contribution is 2.24. The molecule has 0 aliphatic carbocycles. The van der Waals surface area contributed by atoms with Crippen LogP contribution in [0.4, 0.5) is 0 Å². The number of nitrogens with one attached hydrogen (secondary N) is 2. The Hall–Kier alpha value is -2.66. The third-order valence-corrected chi connectivity index (χ3v) is 3.98.